The molecule has 0 aliphatic heterocycles. The number of benzene rings is 2. The fraction of sp³-hybridized carbons (Fsp3) is 0.294. The summed E-state index contributed by atoms with van der Waals surface area (Å²) in [5, 5.41) is 13.2. The van der Waals surface area contributed by atoms with Crippen molar-refractivity contribution < 1.29 is 13.9 Å². The van der Waals surface area contributed by atoms with Gasteiger partial charge in [0, 0.05) is 12.6 Å². The van der Waals surface area contributed by atoms with E-state index in [4.69, 9.17) is 0 Å². The molecule has 0 fully saturated rings. The number of rotatable bonds is 6. The van der Waals surface area contributed by atoms with E-state index in [0.717, 1.165) is 0 Å². The first-order valence-corrected chi connectivity index (χ1v) is 6.96. The Morgan fingerprint density at radius 2 is 1.71 bits per heavy atom. The van der Waals surface area contributed by atoms with Crippen molar-refractivity contribution in [1.29, 1.82) is 0 Å². The highest BCUT2D eigenvalue weighted by atomic mass is 19.1. The van der Waals surface area contributed by atoms with E-state index >= 15 is 0 Å². The van der Waals surface area contributed by atoms with E-state index in [1.54, 1.807) is 30.3 Å². The van der Waals surface area contributed by atoms with Gasteiger partial charge in [-0.2, -0.15) is 0 Å². The summed E-state index contributed by atoms with van der Waals surface area (Å²) in [4.78, 5) is 0. The number of hydrogen-bond donors (Lipinski definition) is 2. The average molecular weight is 291 g/mol. The summed E-state index contributed by atoms with van der Waals surface area (Å²) in [5.41, 5.74) is 1.30. The van der Waals surface area contributed by atoms with Crippen LogP contribution in [-0.2, 0) is 6.42 Å². The molecule has 0 aliphatic carbocycles. The topological polar surface area (TPSA) is 32.3 Å². The van der Waals surface area contributed by atoms with Gasteiger partial charge < -0.3 is 10.4 Å². The minimum absolute atomic E-state index is 0.0250. The molecule has 0 bridgehead atoms. The van der Waals surface area contributed by atoms with Crippen molar-refractivity contribution >= 4 is 0 Å². The normalized spacial score (nSPS) is 13.9. The van der Waals surface area contributed by atoms with Gasteiger partial charge in [0.25, 0.3) is 0 Å². The molecule has 2 aromatic rings. The number of halogens is 2. The molecule has 0 aliphatic rings. The highest BCUT2D eigenvalue weighted by Gasteiger charge is 2.11. The Morgan fingerprint density at radius 1 is 1.05 bits per heavy atom. The standard InChI is InChI=1S/C17H19F2NO/c1-12(10-14-4-2-3-5-16(14)19)20-11-17(21)13-6-8-15(18)9-7-13/h2-9,12,17,20-21H,10-11H2,1H3. The van der Waals surface area contributed by atoms with Crippen molar-refractivity contribution in [3.8, 4) is 0 Å². The number of hydrogen-bond acceptors (Lipinski definition) is 2. The monoisotopic (exact) mass is 291 g/mol. The van der Waals surface area contributed by atoms with Crippen LogP contribution >= 0.6 is 0 Å². The Hall–Kier alpha value is -1.78. The van der Waals surface area contributed by atoms with Gasteiger partial charge in [-0.05, 0) is 42.7 Å². The van der Waals surface area contributed by atoms with E-state index in [9.17, 15) is 13.9 Å². The van der Waals surface area contributed by atoms with Crippen molar-refractivity contribution in [2.24, 2.45) is 0 Å². The Morgan fingerprint density at radius 3 is 2.38 bits per heavy atom. The van der Waals surface area contributed by atoms with Crippen LogP contribution in [0.4, 0.5) is 8.78 Å². The van der Waals surface area contributed by atoms with Crippen LogP contribution in [0.5, 0.6) is 0 Å². The van der Waals surface area contributed by atoms with Crippen LogP contribution < -0.4 is 5.32 Å². The summed E-state index contributed by atoms with van der Waals surface area (Å²) < 4.78 is 26.4. The van der Waals surface area contributed by atoms with E-state index in [1.807, 2.05) is 6.92 Å². The summed E-state index contributed by atoms with van der Waals surface area (Å²) in [7, 11) is 0. The second kappa shape index (κ2) is 7.29. The summed E-state index contributed by atoms with van der Waals surface area (Å²) in [6.07, 6.45) is -0.170. The Balaban J connectivity index is 1.85. The van der Waals surface area contributed by atoms with Gasteiger partial charge in [-0.25, -0.2) is 8.78 Å². The lowest BCUT2D eigenvalue weighted by atomic mass is 10.1. The zero-order chi connectivity index (χ0) is 15.2. The average Bonchev–Trinajstić information content (AvgIpc) is 2.48. The highest BCUT2D eigenvalue weighted by molar-refractivity contribution is 5.19. The first-order chi connectivity index (χ1) is 10.1. The van der Waals surface area contributed by atoms with Crippen LogP contribution in [-0.4, -0.2) is 17.7 Å². The largest absolute Gasteiger partial charge is 0.387 e. The van der Waals surface area contributed by atoms with Gasteiger partial charge in [0.15, 0.2) is 0 Å². The van der Waals surface area contributed by atoms with Gasteiger partial charge >= 0.3 is 0 Å². The molecule has 0 saturated carbocycles. The fourth-order valence-corrected chi connectivity index (χ4v) is 2.18. The highest BCUT2D eigenvalue weighted by Crippen LogP contribution is 2.13. The van der Waals surface area contributed by atoms with Crippen LogP contribution in [0.3, 0.4) is 0 Å². The van der Waals surface area contributed by atoms with Crippen LogP contribution in [0.25, 0.3) is 0 Å². The van der Waals surface area contributed by atoms with E-state index in [-0.39, 0.29) is 17.7 Å². The molecule has 0 amide bonds. The van der Waals surface area contributed by atoms with Crippen LogP contribution in [0.15, 0.2) is 48.5 Å². The lowest BCUT2D eigenvalue weighted by Gasteiger charge is -2.18. The summed E-state index contributed by atoms with van der Waals surface area (Å²) in [6.45, 7) is 2.27. The molecule has 112 valence electrons. The first kappa shape index (κ1) is 15.6. The molecular weight excluding hydrogens is 272 g/mol. The zero-order valence-corrected chi connectivity index (χ0v) is 11.9. The van der Waals surface area contributed by atoms with Gasteiger partial charge in [0.05, 0.1) is 6.10 Å². The third-order valence-corrected chi connectivity index (χ3v) is 3.40. The minimum Gasteiger partial charge on any atom is -0.387 e. The Labute approximate surface area is 123 Å². The van der Waals surface area contributed by atoms with Gasteiger partial charge in [0.2, 0.25) is 0 Å². The molecule has 21 heavy (non-hydrogen) atoms. The second-order valence-corrected chi connectivity index (χ2v) is 5.17. The van der Waals surface area contributed by atoms with Crippen molar-refractivity contribution in [1.82, 2.24) is 5.32 Å². The maximum Gasteiger partial charge on any atom is 0.126 e. The third-order valence-electron chi connectivity index (χ3n) is 3.40. The third kappa shape index (κ3) is 4.62. The summed E-state index contributed by atoms with van der Waals surface area (Å²) >= 11 is 0. The van der Waals surface area contributed by atoms with Gasteiger partial charge in [0.1, 0.15) is 11.6 Å². The molecule has 2 nitrogen and oxygen atoms in total. The van der Waals surface area contributed by atoms with E-state index in [0.29, 0.717) is 24.1 Å². The van der Waals surface area contributed by atoms with Crippen molar-refractivity contribution in [3.05, 3.63) is 71.3 Å². The number of nitrogens with one attached hydrogen (secondary N) is 1. The van der Waals surface area contributed by atoms with Crippen LogP contribution in [0.2, 0.25) is 0 Å². The molecule has 0 heterocycles. The maximum atomic E-state index is 13.5. The van der Waals surface area contributed by atoms with Gasteiger partial charge in [-0.1, -0.05) is 30.3 Å². The van der Waals surface area contributed by atoms with Crippen LogP contribution in [0, 0.1) is 11.6 Å². The fourth-order valence-electron chi connectivity index (χ4n) is 2.18. The van der Waals surface area contributed by atoms with Gasteiger partial charge in [-0.3, -0.25) is 0 Å². The second-order valence-electron chi connectivity index (χ2n) is 5.17. The van der Waals surface area contributed by atoms with Crippen LogP contribution in [0.1, 0.15) is 24.2 Å². The maximum absolute atomic E-state index is 13.5. The molecule has 2 N–H and O–H groups in total. The first-order valence-electron chi connectivity index (χ1n) is 6.96. The molecule has 0 radical (unpaired) electrons. The SMILES string of the molecule is CC(Cc1ccccc1F)NCC(O)c1ccc(F)cc1. The van der Waals surface area contributed by atoms with Crippen molar-refractivity contribution in [3.63, 3.8) is 0 Å². The van der Waals surface area contributed by atoms with Crippen molar-refractivity contribution in [2.45, 2.75) is 25.5 Å². The van der Waals surface area contributed by atoms with Crippen molar-refractivity contribution in [2.75, 3.05) is 6.54 Å². The van der Waals surface area contributed by atoms with E-state index < -0.39 is 6.10 Å². The molecule has 2 atom stereocenters. The predicted molar refractivity (Wildman–Crippen MR) is 78.9 cm³/mol. The molecule has 0 spiro atoms. The molecule has 2 aromatic carbocycles. The number of aliphatic hydroxyl groups excluding tert-OH is 1. The van der Waals surface area contributed by atoms with E-state index in [1.165, 1.54) is 18.2 Å². The molecule has 2 rings (SSSR count). The lowest BCUT2D eigenvalue weighted by molar-refractivity contribution is 0.170. The molecule has 0 saturated heterocycles. The smallest absolute Gasteiger partial charge is 0.126 e. The predicted octanol–water partition coefficient (Wildman–Crippen LogP) is 3.22. The number of aliphatic hydroxyl groups is 1. The molecular formula is C17H19F2NO. The quantitative estimate of drug-likeness (QED) is 0.856. The molecule has 4 heteroatoms. The Kier molecular flexibility index (Phi) is 5.42. The molecule has 2 unspecified atom stereocenters. The Bertz CT molecular complexity index is 571. The van der Waals surface area contributed by atoms with E-state index in [2.05, 4.69) is 5.32 Å². The minimum atomic E-state index is -0.714. The zero-order valence-electron chi connectivity index (χ0n) is 11.9. The lowest BCUT2D eigenvalue weighted by Crippen LogP contribution is -2.32. The van der Waals surface area contributed by atoms with Gasteiger partial charge in [-0.15, -0.1) is 0 Å². The summed E-state index contributed by atoms with van der Waals surface area (Å²) in [6, 6.07) is 12.4. The summed E-state index contributed by atoms with van der Waals surface area (Å²) in [5.74, 6) is -0.544. The molecule has 0 aromatic heterocycles.